The first-order valence-corrected chi connectivity index (χ1v) is 33.2. The quantitative estimate of drug-likeness (QED) is 0.0672. The Labute approximate surface area is 634 Å². The van der Waals surface area contributed by atoms with Gasteiger partial charge in [-0.3, -0.25) is 58.0 Å². The average Bonchev–Trinajstić information content (AvgIpc) is 0.789. The fourth-order valence-electron chi connectivity index (χ4n) is 10.2. The molecule has 12 aromatic rings. The van der Waals surface area contributed by atoms with Crippen LogP contribution in [0.4, 0.5) is 26.3 Å². The Hall–Kier alpha value is -11.3. The molecule has 0 saturated heterocycles. The SMILES string of the molecule is Cc1cnc(-c2ccnc(C(C)(C)O)n2)cc1-n1c(C)cc(OCc2ncc(F)cc2F)c(Cl)c1=O.[2H]C([2H])(Oc1cc(C)n(-c2cc(-c3ccnc(C(C)(C)O)n3)ncc2C)c(=O)c1Cl)c1ncc(F)cc1F.[2H]C([2H])([2H])C(C)(O)c1nccc(-c2cc(-n3c(C)cc(OCc4ncc(F)cc4F)c(Cl)c3=O)c(C)cn2)n1. The molecule has 1 atom stereocenters. The third-order valence-electron chi connectivity index (χ3n) is 15.7. The Morgan fingerprint density at radius 2 is 0.704 bits per heavy atom. The largest absolute Gasteiger partial charge is 0.485 e. The van der Waals surface area contributed by atoms with Crippen molar-refractivity contribution in [2.75, 3.05) is 0 Å². The summed E-state index contributed by atoms with van der Waals surface area (Å²) >= 11 is 19.0. The summed E-state index contributed by atoms with van der Waals surface area (Å²) in [5, 5.41) is 30.1. The van der Waals surface area contributed by atoms with E-state index in [0.717, 1.165) is 19.3 Å². The summed E-state index contributed by atoms with van der Waals surface area (Å²) in [6.07, 6.45) is 11.3. The van der Waals surface area contributed by atoms with Gasteiger partial charge in [0.2, 0.25) is 0 Å². The summed E-state index contributed by atoms with van der Waals surface area (Å²) in [5.74, 6) is -5.85. The summed E-state index contributed by atoms with van der Waals surface area (Å²) in [6.45, 7) is 11.2. The molecular weight excluding hydrogens is 1480 g/mol. The van der Waals surface area contributed by atoms with Crippen LogP contribution in [0.1, 0.15) is 117 Å². The third kappa shape index (κ3) is 18.2. The van der Waals surface area contributed by atoms with Crippen LogP contribution in [-0.4, -0.2) is 88.8 Å². The van der Waals surface area contributed by atoms with E-state index in [1.807, 2.05) is 0 Å². The molecule has 0 amide bonds. The van der Waals surface area contributed by atoms with Gasteiger partial charge in [0, 0.05) is 94.8 Å². The zero-order chi connectivity index (χ0) is 82.9. The second-order valence-corrected chi connectivity index (χ2v) is 26.4. The summed E-state index contributed by atoms with van der Waals surface area (Å²) in [4.78, 5) is 88.9. The number of nitrogens with zero attached hydrogens (tertiary/aromatic N) is 15. The lowest BCUT2D eigenvalue weighted by Crippen LogP contribution is -2.23. The van der Waals surface area contributed by atoms with Gasteiger partial charge in [-0.15, -0.1) is 0 Å². The standard InChI is InChI=1S/3C25H22ClF2N5O3/c3*1-13-10-30-18(17-5-6-29-24(32-17)25(3,4)35)9-20(13)33-14(2)7-21(22(26)23(33)34)36-12-19-16(28)8-15(27)11-31-19/h3*5-11,35H,12H2,1-4H3/i12D2;3D3;. The summed E-state index contributed by atoms with van der Waals surface area (Å²) in [6, 6.07) is 15.8. The van der Waals surface area contributed by atoms with Crippen molar-refractivity contribution in [3.05, 3.63) is 278 Å². The molecule has 0 fully saturated rings. The van der Waals surface area contributed by atoms with Gasteiger partial charge in [0.1, 0.15) is 103 Å². The highest BCUT2D eigenvalue weighted by molar-refractivity contribution is 6.32. The molecule has 3 N–H and O–H groups in total. The molecule has 12 heterocycles. The highest BCUT2D eigenvalue weighted by Gasteiger charge is 2.27. The molecule has 108 heavy (non-hydrogen) atoms. The average molecular weight is 1550 g/mol. The first-order chi connectivity index (χ1) is 52.8. The predicted octanol–water partition coefficient (Wildman–Crippen LogP) is 13.3. The minimum Gasteiger partial charge on any atom is -0.485 e. The van der Waals surface area contributed by atoms with Crippen LogP contribution in [0.2, 0.25) is 15.1 Å². The lowest BCUT2D eigenvalue weighted by Gasteiger charge is -2.17. The van der Waals surface area contributed by atoms with E-state index in [4.69, 9.17) is 55.9 Å². The van der Waals surface area contributed by atoms with Gasteiger partial charge >= 0.3 is 0 Å². The van der Waals surface area contributed by atoms with Crippen molar-refractivity contribution in [2.24, 2.45) is 0 Å². The zero-order valence-corrected chi connectivity index (χ0v) is 61.2. The van der Waals surface area contributed by atoms with E-state index in [2.05, 4.69) is 59.8 Å². The topological polar surface area (TPSA) is 309 Å². The molecule has 0 aliphatic rings. The molecule has 0 radical (unpaired) electrons. The van der Waals surface area contributed by atoms with Crippen LogP contribution in [0, 0.1) is 76.4 Å². The fourth-order valence-corrected chi connectivity index (χ4v) is 10.8. The highest BCUT2D eigenvalue weighted by atomic mass is 35.5. The molecule has 0 aliphatic carbocycles. The van der Waals surface area contributed by atoms with Crippen LogP contribution in [0.25, 0.3) is 51.2 Å². The molecule has 0 bridgehead atoms. The summed E-state index contributed by atoms with van der Waals surface area (Å²) < 4.78 is 141. The van der Waals surface area contributed by atoms with Crippen LogP contribution in [-0.2, 0) is 36.6 Å². The van der Waals surface area contributed by atoms with E-state index in [0.29, 0.717) is 98.0 Å². The number of hydrogen-bond acceptors (Lipinski definition) is 21. The zero-order valence-electron chi connectivity index (χ0n) is 63.9. The number of aromatic nitrogens is 15. The van der Waals surface area contributed by atoms with E-state index in [1.54, 1.807) is 118 Å². The monoisotopic (exact) mass is 1540 g/mol. The van der Waals surface area contributed by atoms with Gasteiger partial charge < -0.3 is 29.5 Å². The molecule has 12 aromatic heterocycles. The lowest BCUT2D eigenvalue weighted by atomic mass is 10.1. The van der Waals surface area contributed by atoms with Crippen molar-refractivity contribution in [1.82, 2.24) is 73.5 Å². The second kappa shape index (κ2) is 32.4. The van der Waals surface area contributed by atoms with Crippen molar-refractivity contribution >= 4 is 34.8 Å². The van der Waals surface area contributed by atoms with E-state index in [1.165, 1.54) is 56.7 Å². The van der Waals surface area contributed by atoms with Gasteiger partial charge in [0.25, 0.3) is 16.7 Å². The van der Waals surface area contributed by atoms with E-state index >= 15 is 0 Å². The molecule has 1 unspecified atom stereocenters. The Bertz CT molecular complexity index is 5880. The summed E-state index contributed by atoms with van der Waals surface area (Å²) in [5.41, 5.74) is -1.10. The molecule has 0 aromatic carbocycles. The molecule has 0 saturated carbocycles. The van der Waals surface area contributed by atoms with Crippen molar-refractivity contribution in [3.63, 3.8) is 0 Å². The minimum atomic E-state index is -2.86. The molecule has 12 rings (SSSR count). The van der Waals surface area contributed by atoms with Gasteiger partial charge in [-0.1, -0.05) is 34.8 Å². The highest BCUT2D eigenvalue weighted by Crippen LogP contribution is 2.33. The van der Waals surface area contributed by atoms with Gasteiger partial charge in [-0.25, -0.2) is 56.2 Å². The van der Waals surface area contributed by atoms with Gasteiger partial charge in [0.05, 0.1) is 72.6 Å². The number of pyridine rings is 9. The number of aryl methyl sites for hydroxylation is 6. The smallest absolute Gasteiger partial charge is 0.277 e. The van der Waals surface area contributed by atoms with Crippen LogP contribution < -0.4 is 30.9 Å². The maximum absolute atomic E-state index is 14.2. The van der Waals surface area contributed by atoms with Gasteiger partial charge in [-0.2, -0.15) is 0 Å². The fraction of sp³-hybridized carbons (Fsp3) is 0.240. The predicted molar refractivity (Wildman–Crippen MR) is 387 cm³/mol. The first kappa shape index (κ1) is 72.3. The van der Waals surface area contributed by atoms with E-state index in [-0.39, 0.29) is 80.8 Å². The molecule has 33 heteroatoms. The Kier molecular flexibility index (Phi) is 21.7. The Morgan fingerprint density at radius 3 is 1.00 bits per heavy atom. The van der Waals surface area contributed by atoms with E-state index < -0.39 is 92.5 Å². The molecule has 0 aliphatic heterocycles. The lowest BCUT2D eigenvalue weighted by molar-refractivity contribution is 0.0683. The van der Waals surface area contributed by atoms with Crippen LogP contribution >= 0.6 is 34.8 Å². The van der Waals surface area contributed by atoms with Crippen LogP contribution in [0.3, 0.4) is 0 Å². The third-order valence-corrected chi connectivity index (χ3v) is 16.7. The maximum atomic E-state index is 14.2. The molecule has 24 nitrogen and oxygen atoms in total. The summed E-state index contributed by atoms with van der Waals surface area (Å²) in [7, 11) is 0. The number of halogens is 9. The van der Waals surface area contributed by atoms with E-state index in [9.17, 15) is 56.0 Å². The number of rotatable bonds is 18. The van der Waals surface area contributed by atoms with Crippen molar-refractivity contribution in [3.8, 4) is 68.5 Å². The first-order valence-electron chi connectivity index (χ1n) is 34.6. The normalized spacial score (nSPS) is 12.9. The molecular formula is C75H66Cl3F6N15O9. The maximum Gasteiger partial charge on any atom is 0.277 e. The van der Waals surface area contributed by atoms with Crippen molar-refractivity contribution in [1.29, 1.82) is 0 Å². The Balaban J connectivity index is 0.000000180. The second-order valence-electron chi connectivity index (χ2n) is 25.3. The van der Waals surface area contributed by atoms with Crippen LogP contribution in [0.15, 0.2) is 143 Å². The molecule has 0 spiro atoms. The molecule has 558 valence electrons. The van der Waals surface area contributed by atoms with Gasteiger partial charge in [-0.05, 0) is 136 Å². The number of aliphatic hydroxyl groups is 3. The van der Waals surface area contributed by atoms with Crippen LogP contribution in [0.5, 0.6) is 17.2 Å². The van der Waals surface area contributed by atoms with Gasteiger partial charge in [0.15, 0.2) is 34.9 Å². The number of hydrogen-bond donors (Lipinski definition) is 3. The van der Waals surface area contributed by atoms with Crippen molar-refractivity contribution in [2.45, 2.75) is 120 Å². The Morgan fingerprint density at radius 1 is 0.407 bits per heavy atom. The minimum absolute atomic E-state index is 0.0137. The van der Waals surface area contributed by atoms with Crippen molar-refractivity contribution < 1.29 is 62.7 Å². The number of ether oxygens (including phenoxy) is 3.